The van der Waals surface area contributed by atoms with Crippen molar-refractivity contribution in [1.29, 1.82) is 0 Å². The minimum Gasteiger partial charge on any atom is -0.268 e. The Labute approximate surface area is 195 Å². The average molecular weight is 466 g/mol. The van der Waals surface area contributed by atoms with Crippen molar-refractivity contribution in [2.24, 2.45) is 0 Å². The number of amides is 2. The molecule has 0 fully saturated rings. The maximum atomic E-state index is 12.9. The van der Waals surface area contributed by atoms with Gasteiger partial charge in [0, 0.05) is 6.20 Å². The molecule has 1 aliphatic rings. The summed E-state index contributed by atoms with van der Waals surface area (Å²) in [6.45, 7) is 0. The van der Waals surface area contributed by atoms with Crippen LogP contribution >= 0.6 is 11.3 Å². The van der Waals surface area contributed by atoms with Crippen molar-refractivity contribution in [2.75, 3.05) is 4.90 Å². The molecule has 0 saturated carbocycles. The fourth-order valence-corrected chi connectivity index (χ4v) is 4.92. The van der Waals surface area contributed by atoms with Crippen molar-refractivity contribution < 1.29 is 9.59 Å². The van der Waals surface area contributed by atoms with Gasteiger partial charge in [0.25, 0.3) is 22.9 Å². The van der Waals surface area contributed by atoms with Crippen LogP contribution < -0.4 is 16.0 Å². The summed E-state index contributed by atoms with van der Waals surface area (Å²) in [4.78, 5) is 56.9. The molecule has 3 heterocycles. The molecule has 3 aromatic carbocycles. The van der Waals surface area contributed by atoms with Crippen LogP contribution in [0.2, 0.25) is 0 Å². The number of fused-ring (bicyclic) bond motifs is 2. The van der Waals surface area contributed by atoms with Gasteiger partial charge in [-0.3, -0.25) is 24.3 Å². The molecule has 5 aromatic rings. The molecular formula is C25H14N4O4S. The second-order valence-electron chi connectivity index (χ2n) is 7.67. The van der Waals surface area contributed by atoms with Crippen LogP contribution in [-0.4, -0.2) is 26.6 Å². The fraction of sp³-hybridized carbons (Fsp3) is 0. The number of nitrogens with zero attached hydrogens (tertiary/aromatic N) is 3. The number of benzene rings is 3. The smallest absolute Gasteiger partial charge is 0.268 e. The number of imide groups is 1. The Morgan fingerprint density at radius 2 is 1.35 bits per heavy atom. The number of thiazole rings is 1. The van der Waals surface area contributed by atoms with E-state index in [0.29, 0.717) is 32.7 Å². The van der Waals surface area contributed by atoms with Crippen LogP contribution in [0.25, 0.3) is 26.3 Å². The lowest BCUT2D eigenvalue weighted by Gasteiger charge is -2.14. The lowest BCUT2D eigenvalue weighted by Crippen LogP contribution is -2.29. The van der Waals surface area contributed by atoms with Crippen LogP contribution in [0.15, 0.2) is 88.6 Å². The van der Waals surface area contributed by atoms with E-state index in [-0.39, 0.29) is 22.9 Å². The van der Waals surface area contributed by atoms with Gasteiger partial charge in [0.2, 0.25) is 5.13 Å². The van der Waals surface area contributed by atoms with Crippen molar-refractivity contribution >= 4 is 39.6 Å². The van der Waals surface area contributed by atoms with E-state index in [0.717, 1.165) is 20.0 Å². The van der Waals surface area contributed by atoms with Gasteiger partial charge >= 0.3 is 0 Å². The first kappa shape index (κ1) is 20.0. The van der Waals surface area contributed by atoms with Gasteiger partial charge in [-0.1, -0.05) is 47.7 Å². The molecule has 1 aliphatic heterocycles. The third-order valence-electron chi connectivity index (χ3n) is 5.71. The van der Waals surface area contributed by atoms with Gasteiger partial charge in [0.05, 0.1) is 32.5 Å². The second kappa shape index (κ2) is 7.46. The van der Waals surface area contributed by atoms with Crippen LogP contribution in [0.4, 0.5) is 5.69 Å². The highest BCUT2D eigenvalue weighted by atomic mass is 32.1. The normalized spacial score (nSPS) is 13.0. The van der Waals surface area contributed by atoms with Crippen molar-refractivity contribution in [1.82, 2.24) is 14.8 Å². The van der Waals surface area contributed by atoms with Gasteiger partial charge in [-0.15, -0.1) is 0 Å². The molecular weight excluding hydrogens is 452 g/mol. The molecule has 0 radical (unpaired) electrons. The highest BCUT2D eigenvalue weighted by molar-refractivity contribution is 7.17. The summed E-state index contributed by atoms with van der Waals surface area (Å²) in [5.41, 5.74) is 1.29. The Balaban J connectivity index is 1.34. The van der Waals surface area contributed by atoms with Crippen molar-refractivity contribution in [3.05, 3.63) is 111 Å². The lowest BCUT2D eigenvalue weighted by atomic mass is 10.1. The molecule has 0 saturated heterocycles. The number of hydrogen-bond donors (Lipinski definition) is 1. The highest BCUT2D eigenvalue weighted by Gasteiger charge is 2.36. The van der Waals surface area contributed by atoms with Crippen LogP contribution in [-0.2, 0) is 0 Å². The summed E-state index contributed by atoms with van der Waals surface area (Å²) in [6, 6.07) is 20.3. The van der Waals surface area contributed by atoms with E-state index in [4.69, 9.17) is 0 Å². The Morgan fingerprint density at radius 3 is 2.03 bits per heavy atom. The third-order valence-corrected chi connectivity index (χ3v) is 6.74. The minimum absolute atomic E-state index is 0.313. The van der Waals surface area contributed by atoms with E-state index in [9.17, 15) is 19.2 Å². The zero-order valence-corrected chi connectivity index (χ0v) is 18.2. The number of carbonyl (C=O) groups excluding carboxylic acids is 2. The first-order chi connectivity index (χ1) is 16.5. The number of carbonyl (C=O) groups is 2. The molecule has 164 valence electrons. The number of nitrogens with one attached hydrogen (secondary N) is 1. The predicted octanol–water partition coefficient (Wildman–Crippen LogP) is 3.60. The minimum atomic E-state index is -0.378. The van der Waals surface area contributed by atoms with Gasteiger partial charge in [0.15, 0.2) is 0 Å². The topological polar surface area (TPSA) is 105 Å². The molecule has 0 spiro atoms. The standard InChI is InChI=1S/C25H14N4O4S/c30-21-16-5-1-2-6-17(16)24(33)29(27-21)25-26-13-20(34-25)14-9-11-15(12-10-14)28-22(31)18-7-3-4-8-19(18)23(28)32/h1-13H,(H,27,30). The van der Waals surface area contributed by atoms with E-state index in [1.807, 2.05) is 0 Å². The Kier molecular flexibility index (Phi) is 4.39. The summed E-state index contributed by atoms with van der Waals surface area (Å²) in [6.07, 6.45) is 1.61. The van der Waals surface area contributed by atoms with Gasteiger partial charge < -0.3 is 0 Å². The zero-order chi connectivity index (χ0) is 23.4. The maximum Gasteiger partial charge on any atom is 0.279 e. The lowest BCUT2D eigenvalue weighted by molar-refractivity contribution is 0.0926. The fourth-order valence-electron chi connectivity index (χ4n) is 4.04. The number of H-pyrrole nitrogens is 1. The number of hydrogen-bond acceptors (Lipinski definition) is 6. The largest absolute Gasteiger partial charge is 0.279 e. The molecule has 8 nitrogen and oxygen atoms in total. The molecule has 0 aliphatic carbocycles. The molecule has 0 atom stereocenters. The quantitative estimate of drug-likeness (QED) is 0.409. The average Bonchev–Trinajstić information content (AvgIpc) is 3.45. The van der Waals surface area contributed by atoms with Crippen LogP contribution in [0, 0.1) is 0 Å². The van der Waals surface area contributed by atoms with Gasteiger partial charge in [0.1, 0.15) is 0 Å². The molecule has 2 amide bonds. The van der Waals surface area contributed by atoms with Gasteiger partial charge in [-0.2, -0.15) is 4.68 Å². The molecule has 2 aromatic heterocycles. The summed E-state index contributed by atoms with van der Waals surface area (Å²) < 4.78 is 1.14. The summed E-state index contributed by atoms with van der Waals surface area (Å²) in [5.74, 6) is -0.707. The molecule has 6 rings (SSSR count). The van der Waals surface area contributed by atoms with Crippen LogP contribution in [0.3, 0.4) is 0 Å². The highest BCUT2D eigenvalue weighted by Crippen LogP contribution is 2.32. The number of aromatic amines is 1. The number of aromatic nitrogens is 3. The molecule has 34 heavy (non-hydrogen) atoms. The predicted molar refractivity (Wildman–Crippen MR) is 129 cm³/mol. The summed E-state index contributed by atoms with van der Waals surface area (Å²) >= 11 is 1.23. The first-order valence-corrected chi connectivity index (χ1v) is 11.1. The summed E-state index contributed by atoms with van der Waals surface area (Å²) in [5, 5.41) is 3.54. The van der Waals surface area contributed by atoms with Crippen LogP contribution in [0.5, 0.6) is 0 Å². The van der Waals surface area contributed by atoms with E-state index < -0.39 is 0 Å². The maximum absolute atomic E-state index is 12.9. The number of anilines is 1. The zero-order valence-electron chi connectivity index (χ0n) is 17.4. The SMILES string of the molecule is O=C1c2ccccc2C(=O)N1c1ccc(-c2cnc(-n3[nH]c(=O)c4ccccc4c3=O)s2)cc1. The van der Waals surface area contributed by atoms with Crippen molar-refractivity contribution in [2.45, 2.75) is 0 Å². The van der Waals surface area contributed by atoms with E-state index in [2.05, 4.69) is 10.1 Å². The van der Waals surface area contributed by atoms with E-state index >= 15 is 0 Å². The van der Waals surface area contributed by atoms with Crippen molar-refractivity contribution in [3.63, 3.8) is 0 Å². The first-order valence-electron chi connectivity index (χ1n) is 10.3. The van der Waals surface area contributed by atoms with Crippen LogP contribution in [0.1, 0.15) is 20.7 Å². The molecule has 1 N–H and O–H groups in total. The number of rotatable bonds is 3. The van der Waals surface area contributed by atoms with E-state index in [1.165, 1.54) is 11.3 Å². The molecule has 0 unspecified atom stereocenters. The molecule has 0 bridgehead atoms. The Morgan fingerprint density at radius 1 is 0.735 bits per heavy atom. The van der Waals surface area contributed by atoms with Crippen molar-refractivity contribution in [3.8, 4) is 15.6 Å². The summed E-state index contributed by atoms with van der Waals surface area (Å²) in [7, 11) is 0. The monoisotopic (exact) mass is 466 g/mol. The van der Waals surface area contributed by atoms with E-state index in [1.54, 1.807) is 79.0 Å². The second-order valence-corrected chi connectivity index (χ2v) is 8.68. The van der Waals surface area contributed by atoms with Gasteiger partial charge in [-0.05, 0) is 42.0 Å². The molecule has 9 heteroatoms. The third kappa shape index (κ3) is 2.95. The Hall–Kier alpha value is -4.63. The Bertz CT molecular complexity index is 1710. The van der Waals surface area contributed by atoms with Gasteiger partial charge in [-0.25, -0.2) is 9.88 Å².